The maximum atomic E-state index is 12.3. The van der Waals surface area contributed by atoms with Crippen molar-refractivity contribution in [3.63, 3.8) is 0 Å². The van der Waals surface area contributed by atoms with Crippen LogP contribution >= 0.6 is 0 Å². The van der Waals surface area contributed by atoms with E-state index in [1.807, 2.05) is 55.5 Å². The average molecular weight is 308 g/mol. The minimum atomic E-state index is -0.0226. The Labute approximate surface area is 135 Å². The molecule has 0 aliphatic rings. The van der Waals surface area contributed by atoms with Gasteiger partial charge in [-0.3, -0.25) is 4.79 Å². The largest absolute Gasteiger partial charge is 0.392 e. The fourth-order valence-corrected chi connectivity index (χ4v) is 2.86. The maximum absolute atomic E-state index is 12.3. The highest BCUT2D eigenvalue weighted by molar-refractivity contribution is 5.90. The molecule has 0 spiro atoms. The molecule has 118 valence electrons. The van der Waals surface area contributed by atoms with E-state index in [1.54, 1.807) is 0 Å². The lowest BCUT2D eigenvalue weighted by Crippen LogP contribution is -2.25. The second-order valence-corrected chi connectivity index (χ2v) is 5.65. The molecular weight excluding hydrogens is 288 g/mol. The molecular formula is C19H20N2O2. The van der Waals surface area contributed by atoms with Gasteiger partial charge < -0.3 is 15.4 Å². The van der Waals surface area contributed by atoms with E-state index < -0.39 is 0 Å². The number of H-pyrrole nitrogens is 1. The Morgan fingerprint density at radius 3 is 2.57 bits per heavy atom. The van der Waals surface area contributed by atoms with Crippen molar-refractivity contribution in [3.8, 4) is 0 Å². The number of benzene rings is 2. The van der Waals surface area contributed by atoms with Crippen molar-refractivity contribution >= 4 is 16.8 Å². The fraction of sp³-hybridized carbons (Fsp3) is 0.211. The number of carbonyl (C=O) groups excluding carboxylic acids is 1. The molecule has 2 aromatic carbocycles. The molecule has 1 aromatic heterocycles. The second kappa shape index (κ2) is 6.67. The highest BCUT2D eigenvalue weighted by atomic mass is 16.3. The van der Waals surface area contributed by atoms with Gasteiger partial charge in [-0.2, -0.15) is 0 Å². The Balaban J connectivity index is 1.71. The molecule has 0 aliphatic carbocycles. The van der Waals surface area contributed by atoms with Crippen LogP contribution in [0.5, 0.6) is 0 Å². The third-order valence-corrected chi connectivity index (χ3v) is 4.13. The second-order valence-electron chi connectivity index (χ2n) is 5.65. The fourth-order valence-electron chi connectivity index (χ4n) is 2.86. The molecule has 3 rings (SSSR count). The molecule has 0 radical (unpaired) electrons. The topological polar surface area (TPSA) is 65.1 Å². The molecule has 0 bridgehead atoms. The first-order chi connectivity index (χ1) is 11.2. The predicted octanol–water partition coefficient (Wildman–Crippen LogP) is 2.83. The van der Waals surface area contributed by atoms with E-state index in [2.05, 4.69) is 10.3 Å². The first-order valence-electron chi connectivity index (χ1n) is 7.69. The van der Waals surface area contributed by atoms with Gasteiger partial charge in [-0.05, 0) is 29.7 Å². The van der Waals surface area contributed by atoms with Crippen LogP contribution in [-0.4, -0.2) is 16.0 Å². The summed E-state index contributed by atoms with van der Waals surface area (Å²) in [5.74, 6) is -0.0226. The zero-order chi connectivity index (χ0) is 16.2. The summed E-state index contributed by atoms with van der Waals surface area (Å²) in [6, 6.07) is 15.6. The number of fused-ring (bicyclic) bond motifs is 1. The average Bonchev–Trinajstić information content (AvgIpc) is 2.89. The normalized spacial score (nSPS) is 10.9. The number of para-hydroxylation sites is 1. The van der Waals surface area contributed by atoms with Crippen LogP contribution in [0.3, 0.4) is 0 Å². The number of aromatic amines is 1. The van der Waals surface area contributed by atoms with Crippen LogP contribution in [0.1, 0.15) is 22.4 Å². The molecule has 0 aliphatic heterocycles. The Hall–Kier alpha value is -2.59. The van der Waals surface area contributed by atoms with Crippen molar-refractivity contribution < 1.29 is 9.90 Å². The molecule has 4 nitrogen and oxygen atoms in total. The summed E-state index contributed by atoms with van der Waals surface area (Å²) in [7, 11) is 0. The summed E-state index contributed by atoms with van der Waals surface area (Å²) in [4.78, 5) is 15.6. The lowest BCUT2D eigenvalue weighted by molar-refractivity contribution is -0.120. The van der Waals surface area contributed by atoms with Crippen LogP contribution < -0.4 is 5.32 Å². The van der Waals surface area contributed by atoms with Gasteiger partial charge in [0.25, 0.3) is 0 Å². The first-order valence-corrected chi connectivity index (χ1v) is 7.69. The zero-order valence-electron chi connectivity index (χ0n) is 13.1. The number of hydrogen-bond acceptors (Lipinski definition) is 2. The standard InChI is InChI=1S/C19H20N2O2/c1-13-17(16-8-4-5-9-18(16)21-13)10-19(23)20-11-14-6-2-3-7-15(14)12-22/h2-9,21-22H,10-12H2,1H3,(H,20,23). The lowest BCUT2D eigenvalue weighted by atomic mass is 10.1. The number of carbonyl (C=O) groups is 1. The quantitative estimate of drug-likeness (QED) is 0.678. The molecule has 0 atom stereocenters. The van der Waals surface area contributed by atoms with Gasteiger partial charge in [-0.15, -0.1) is 0 Å². The Kier molecular flexibility index (Phi) is 4.44. The molecule has 1 heterocycles. The summed E-state index contributed by atoms with van der Waals surface area (Å²) in [5, 5.41) is 13.4. The van der Waals surface area contributed by atoms with Gasteiger partial charge in [0.1, 0.15) is 0 Å². The van der Waals surface area contributed by atoms with Gasteiger partial charge >= 0.3 is 0 Å². The van der Waals surface area contributed by atoms with Crippen LogP contribution in [0.4, 0.5) is 0 Å². The van der Waals surface area contributed by atoms with E-state index >= 15 is 0 Å². The molecule has 1 amide bonds. The number of aliphatic hydroxyl groups excluding tert-OH is 1. The minimum Gasteiger partial charge on any atom is -0.392 e. The number of amides is 1. The van der Waals surface area contributed by atoms with E-state index in [4.69, 9.17) is 0 Å². The molecule has 0 unspecified atom stereocenters. The molecule has 0 fully saturated rings. The van der Waals surface area contributed by atoms with Crippen LogP contribution in [0.2, 0.25) is 0 Å². The van der Waals surface area contributed by atoms with Crippen LogP contribution in [-0.2, 0) is 24.4 Å². The maximum Gasteiger partial charge on any atom is 0.224 e. The van der Waals surface area contributed by atoms with Gasteiger partial charge in [0, 0.05) is 23.1 Å². The van der Waals surface area contributed by atoms with E-state index in [0.717, 1.165) is 33.3 Å². The summed E-state index contributed by atoms with van der Waals surface area (Å²) < 4.78 is 0. The molecule has 4 heteroatoms. The smallest absolute Gasteiger partial charge is 0.224 e. The molecule has 23 heavy (non-hydrogen) atoms. The highest BCUT2D eigenvalue weighted by Gasteiger charge is 2.12. The summed E-state index contributed by atoms with van der Waals surface area (Å²) in [6.07, 6.45) is 0.344. The number of hydrogen-bond donors (Lipinski definition) is 3. The van der Waals surface area contributed by atoms with Gasteiger partial charge in [-0.25, -0.2) is 0 Å². The van der Waals surface area contributed by atoms with E-state index in [-0.39, 0.29) is 12.5 Å². The lowest BCUT2D eigenvalue weighted by Gasteiger charge is -2.09. The van der Waals surface area contributed by atoms with Gasteiger partial charge in [0.05, 0.1) is 13.0 Å². The van der Waals surface area contributed by atoms with Crippen molar-refractivity contribution in [1.82, 2.24) is 10.3 Å². The Morgan fingerprint density at radius 1 is 1.09 bits per heavy atom. The number of aromatic nitrogens is 1. The zero-order valence-corrected chi connectivity index (χ0v) is 13.1. The van der Waals surface area contributed by atoms with Gasteiger partial charge in [0.15, 0.2) is 0 Å². The molecule has 0 saturated heterocycles. The monoisotopic (exact) mass is 308 g/mol. The van der Waals surface area contributed by atoms with Gasteiger partial charge in [0.2, 0.25) is 5.91 Å². The van der Waals surface area contributed by atoms with Gasteiger partial charge in [-0.1, -0.05) is 42.5 Å². The summed E-state index contributed by atoms with van der Waals surface area (Å²) in [5.41, 5.74) is 4.90. The highest BCUT2D eigenvalue weighted by Crippen LogP contribution is 2.22. The number of rotatable bonds is 5. The number of nitrogens with one attached hydrogen (secondary N) is 2. The van der Waals surface area contributed by atoms with Crippen LogP contribution in [0.25, 0.3) is 10.9 Å². The summed E-state index contributed by atoms with van der Waals surface area (Å²) >= 11 is 0. The van der Waals surface area contributed by atoms with E-state index in [0.29, 0.717) is 13.0 Å². The molecule has 0 saturated carbocycles. The van der Waals surface area contributed by atoms with Crippen LogP contribution in [0.15, 0.2) is 48.5 Å². The van der Waals surface area contributed by atoms with Crippen molar-refractivity contribution in [1.29, 1.82) is 0 Å². The number of aryl methyl sites for hydroxylation is 1. The van der Waals surface area contributed by atoms with Crippen molar-refractivity contribution in [2.45, 2.75) is 26.5 Å². The van der Waals surface area contributed by atoms with Crippen molar-refractivity contribution in [2.24, 2.45) is 0 Å². The first kappa shape index (κ1) is 15.3. The van der Waals surface area contributed by atoms with Crippen molar-refractivity contribution in [3.05, 3.63) is 70.9 Å². The molecule has 3 N–H and O–H groups in total. The van der Waals surface area contributed by atoms with E-state index in [9.17, 15) is 9.90 Å². The van der Waals surface area contributed by atoms with Crippen LogP contribution in [0, 0.1) is 6.92 Å². The molecule has 3 aromatic rings. The number of aliphatic hydroxyl groups is 1. The Bertz CT molecular complexity index is 836. The van der Waals surface area contributed by atoms with Crippen molar-refractivity contribution in [2.75, 3.05) is 0 Å². The third kappa shape index (κ3) is 3.27. The summed E-state index contributed by atoms with van der Waals surface area (Å²) in [6.45, 7) is 2.40. The SMILES string of the molecule is Cc1[nH]c2ccccc2c1CC(=O)NCc1ccccc1CO. The van der Waals surface area contributed by atoms with E-state index in [1.165, 1.54) is 0 Å². The Morgan fingerprint density at radius 2 is 1.78 bits per heavy atom. The minimum absolute atomic E-state index is 0.0202. The predicted molar refractivity (Wildman–Crippen MR) is 91.0 cm³/mol. The third-order valence-electron chi connectivity index (χ3n) is 4.13.